The highest BCUT2D eigenvalue weighted by Gasteiger charge is 2.32. The first-order chi connectivity index (χ1) is 9.09. The second-order valence-corrected chi connectivity index (χ2v) is 4.12. The quantitative estimate of drug-likeness (QED) is 0.838. The lowest BCUT2D eigenvalue weighted by atomic mass is 10.0. The highest BCUT2D eigenvalue weighted by Crippen LogP contribution is 2.32. The number of carboxylic acid groups (broad SMARTS) is 1. The number of aliphatic carboxylic acids is 1. The standard InChI is InChI=1S/C12H11F4NO3/c1-6(18)17-10(5-11(19)20)7-2-8(12(14,15)16)4-9(13)3-7/h2-4,10H,5H2,1H3,(H,17,18)(H,19,20)/t10-/m0/s1. The fourth-order valence-electron chi connectivity index (χ4n) is 1.65. The Labute approximate surface area is 111 Å². The Balaban J connectivity index is 3.21. The lowest BCUT2D eigenvalue weighted by molar-refractivity contribution is -0.138. The second-order valence-electron chi connectivity index (χ2n) is 4.12. The van der Waals surface area contributed by atoms with Crippen molar-refractivity contribution >= 4 is 11.9 Å². The topological polar surface area (TPSA) is 66.4 Å². The van der Waals surface area contributed by atoms with Crippen molar-refractivity contribution in [2.75, 3.05) is 0 Å². The highest BCUT2D eigenvalue weighted by atomic mass is 19.4. The number of carbonyl (C=O) groups excluding carboxylic acids is 1. The summed E-state index contributed by atoms with van der Waals surface area (Å²) in [5, 5.41) is 10.9. The zero-order chi connectivity index (χ0) is 15.5. The Morgan fingerprint density at radius 1 is 1.30 bits per heavy atom. The molecule has 8 heteroatoms. The average Bonchev–Trinajstić information content (AvgIpc) is 2.24. The lowest BCUT2D eigenvalue weighted by Gasteiger charge is -2.18. The molecule has 0 saturated carbocycles. The molecule has 0 radical (unpaired) electrons. The van der Waals surface area contributed by atoms with Crippen LogP contribution < -0.4 is 5.32 Å². The number of amides is 1. The second kappa shape index (κ2) is 5.89. The van der Waals surface area contributed by atoms with Crippen LogP contribution in [-0.4, -0.2) is 17.0 Å². The number of hydrogen-bond donors (Lipinski definition) is 2. The van der Waals surface area contributed by atoms with Gasteiger partial charge >= 0.3 is 12.1 Å². The van der Waals surface area contributed by atoms with E-state index in [0.717, 1.165) is 13.0 Å². The first-order valence-electron chi connectivity index (χ1n) is 5.46. The average molecular weight is 293 g/mol. The fourth-order valence-corrected chi connectivity index (χ4v) is 1.65. The van der Waals surface area contributed by atoms with Gasteiger partial charge in [0.25, 0.3) is 0 Å². The summed E-state index contributed by atoms with van der Waals surface area (Å²) in [5.41, 5.74) is -1.50. The minimum Gasteiger partial charge on any atom is -0.481 e. The molecule has 0 saturated heterocycles. The van der Waals surface area contributed by atoms with E-state index < -0.39 is 41.9 Å². The largest absolute Gasteiger partial charge is 0.481 e. The molecule has 0 aromatic heterocycles. The molecule has 0 fully saturated rings. The van der Waals surface area contributed by atoms with E-state index in [-0.39, 0.29) is 5.56 Å². The Hall–Kier alpha value is -2.12. The summed E-state index contributed by atoms with van der Waals surface area (Å²) in [4.78, 5) is 21.6. The zero-order valence-corrected chi connectivity index (χ0v) is 10.3. The molecule has 110 valence electrons. The number of benzene rings is 1. The summed E-state index contributed by atoms with van der Waals surface area (Å²) in [7, 11) is 0. The monoisotopic (exact) mass is 293 g/mol. The summed E-state index contributed by atoms with van der Waals surface area (Å²) < 4.78 is 50.9. The zero-order valence-electron chi connectivity index (χ0n) is 10.3. The molecule has 1 aromatic carbocycles. The van der Waals surface area contributed by atoms with Gasteiger partial charge in [-0.2, -0.15) is 13.2 Å². The van der Waals surface area contributed by atoms with Crippen molar-refractivity contribution in [2.24, 2.45) is 0 Å². The van der Waals surface area contributed by atoms with Gasteiger partial charge in [0.1, 0.15) is 5.82 Å². The molecule has 1 amide bonds. The number of halogens is 4. The minimum absolute atomic E-state index is 0.255. The van der Waals surface area contributed by atoms with Gasteiger partial charge in [-0.05, 0) is 23.8 Å². The van der Waals surface area contributed by atoms with E-state index in [4.69, 9.17) is 5.11 Å². The third-order valence-corrected chi connectivity index (χ3v) is 2.41. The van der Waals surface area contributed by atoms with E-state index in [2.05, 4.69) is 5.32 Å². The molecule has 0 aliphatic rings. The summed E-state index contributed by atoms with van der Waals surface area (Å²) >= 11 is 0. The maximum absolute atomic E-state index is 13.2. The van der Waals surface area contributed by atoms with Crippen molar-refractivity contribution in [3.8, 4) is 0 Å². The van der Waals surface area contributed by atoms with Gasteiger partial charge in [-0.25, -0.2) is 4.39 Å². The fraction of sp³-hybridized carbons (Fsp3) is 0.333. The molecule has 0 aliphatic carbocycles. The lowest BCUT2D eigenvalue weighted by Crippen LogP contribution is -2.28. The molecule has 0 aliphatic heterocycles. The molecule has 0 bridgehead atoms. The minimum atomic E-state index is -4.76. The highest BCUT2D eigenvalue weighted by molar-refractivity contribution is 5.75. The molecule has 0 unspecified atom stereocenters. The predicted molar refractivity (Wildman–Crippen MR) is 60.2 cm³/mol. The first kappa shape index (κ1) is 15.9. The van der Waals surface area contributed by atoms with Crippen molar-refractivity contribution in [3.63, 3.8) is 0 Å². The van der Waals surface area contributed by atoms with E-state index >= 15 is 0 Å². The predicted octanol–water partition coefficient (Wildman–Crippen LogP) is 2.50. The number of hydrogen-bond acceptors (Lipinski definition) is 2. The van der Waals surface area contributed by atoms with Crippen LogP contribution in [0.25, 0.3) is 0 Å². The first-order valence-corrected chi connectivity index (χ1v) is 5.46. The van der Waals surface area contributed by atoms with Gasteiger partial charge in [0.2, 0.25) is 5.91 Å². The van der Waals surface area contributed by atoms with E-state index in [1.165, 1.54) is 0 Å². The SMILES string of the molecule is CC(=O)N[C@@H](CC(=O)O)c1cc(F)cc(C(F)(F)F)c1. The summed E-state index contributed by atoms with van der Waals surface area (Å²) in [6, 6.07) is 0.447. The van der Waals surface area contributed by atoms with Gasteiger partial charge in [-0.15, -0.1) is 0 Å². The molecule has 2 N–H and O–H groups in total. The molecule has 1 aromatic rings. The van der Waals surface area contributed by atoms with Gasteiger partial charge in [-0.1, -0.05) is 0 Å². The maximum atomic E-state index is 13.2. The van der Waals surface area contributed by atoms with Crippen molar-refractivity contribution in [1.82, 2.24) is 5.32 Å². The Morgan fingerprint density at radius 2 is 1.90 bits per heavy atom. The van der Waals surface area contributed by atoms with Gasteiger partial charge in [0, 0.05) is 6.92 Å². The van der Waals surface area contributed by atoms with Crippen LogP contribution in [0, 0.1) is 5.82 Å². The van der Waals surface area contributed by atoms with Crippen LogP contribution in [0.4, 0.5) is 17.6 Å². The van der Waals surface area contributed by atoms with E-state index in [1.807, 2.05) is 0 Å². The molecular weight excluding hydrogens is 282 g/mol. The number of nitrogens with one attached hydrogen (secondary N) is 1. The van der Waals surface area contributed by atoms with Gasteiger partial charge in [0.15, 0.2) is 0 Å². The van der Waals surface area contributed by atoms with Crippen LogP contribution in [0.2, 0.25) is 0 Å². The van der Waals surface area contributed by atoms with Gasteiger partial charge < -0.3 is 10.4 Å². The Bertz CT molecular complexity index is 512. The van der Waals surface area contributed by atoms with Crippen LogP contribution >= 0.6 is 0 Å². The van der Waals surface area contributed by atoms with Crippen molar-refractivity contribution in [3.05, 3.63) is 35.1 Å². The van der Waals surface area contributed by atoms with Crippen molar-refractivity contribution < 1.29 is 32.3 Å². The van der Waals surface area contributed by atoms with E-state index in [9.17, 15) is 27.2 Å². The molecule has 0 heterocycles. The molecule has 1 atom stereocenters. The van der Waals surface area contributed by atoms with Crippen LogP contribution in [0.3, 0.4) is 0 Å². The normalized spacial score (nSPS) is 12.8. The van der Waals surface area contributed by atoms with Crippen LogP contribution in [0.1, 0.15) is 30.5 Å². The summed E-state index contributed by atoms with van der Waals surface area (Å²) in [6.07, 6.45) is -5.42. The molecule has 20 heavy (non-hydrogen) atoms. The number of alkyl halides is 3. The van der Waals surface area contributed by atoms with Gasteiger partial charge in [-0.3, -0.25) is 9.59 Å². The van der Waals surface area contributed by atoms with E-state index in [0.29, 0.717) is 12.1 Å². The van der Waals surface area contributed by atoms with E-state index in [1.54, 1.807) is 0 Å². The molecule has 0 spiro atoms. The number of carboxylic acids is 1. The Kier molecular flexibility index (Phi) is 4.69. The molecule has 4 nitrogen and oxygen atoms in total. The molecule has 1 rings (SSSR count). The third kappa shape index (κ3) is 4.52. The third-order valence-electron chi connectivity index (χ3n) is 2.41. The molecular formula is C12H11F4NO3. The smallest absolute Gasteiger partial charge is 0.416 e. The summed E-state index contributed by atoms with van der Waals surface area (Å²) in [5.74, 6) is -3.12. The van der Waals surface area contributed by atoms with Crippen LogP contribution in [0.15, 0.2) is 18.2 Å². The number of rotatable bonds is 4. The maximum Gasteiger partial charge on any atom is 0.416 e. The van der Waals surface area contributed by atoms with Crippen LogP contribution in [0.5, 0.6) is 0 Å². The number of carbonyl (C=O) groups is 2. The van der Waals surface area contributed by atoms with Gasteiger partial charge in [0.05, 0.1) is 18.0 Å². The summed E-state index contributed by atoms with van der Waals surface area (Å²) in [6.45, 7) is 1.08. The Morgan fingerprint density at radius 3 is 2.35 bits per heavy atom. The van der Waals surface area contributed by atoms with Crippen molar-refractivity contribution in [2.45, 2.75) is 25.6 Å². The van der Waals surface area contributed by atoms with Crippen LogP contribution in [-0.2, 0) is 15.8 Å². The van der Waals surface area contributed by atoms with Crippen molar-refractivity contribution in [1.29, 1.82) is 0 Å².